The minimum atomic E-state index is -0.126. The molecule has 1 heterocycles. The molecular formula is C12H9Cl2NO. The largest absolute Gasteiger partial charge is 0.328 e. The number of benzene rings is 1. The Morgan fingerprint density at radius 3 is 2.56 bits per heavy atom. The highest BCUT2D eigenvalue weighted by molar-refractivity contribution is 6.35. The predicted molar refractivity (Wildman–Crippen MR) is 67.3 cm³/mol. The van der Waals surface area contributed by atoms with Crippen molar-refractivity contribution in [2.45, 2.75) is 6.92 Å². The van der Waals surface area contributed by atoms with E-state index < -0.39 is 0 Å². The Hall–Kier alpha value is -1.25. The summed E-state index contributed by atoms with van der Waals surface area (Å²) in [6, 6.07) is 6.79. The minimum absolute atomic E-state index is 0.126. The first kappa shape index (κ1) is 11.2. The highest BCUT2D eigenvalue weighted by Gasteiger charge is 2.07. The number of pyridine rings is 1. The Kier molecular flexibility index (Phi) is 3.03. The molecule has 0 spiro atoms. The third-order valence-electron chi connectivity index (χ3n) is 2.35. The fourth-order valence-electron chi connectivity index (χ4n) is 1.57. The van der Waals surface area contributed by atoms with Crippen LogP contribution in [0.1, 0.15) is 5.56 Å². The first-order valence-electron chi connectivity index (χ1n) is 4.72. The van der Waals surface area contributed by atoms with Gasteiger partial charge in [0.2, 0.25) is 5.56 Å². The fourth-order valence-corrected chi connectivity index (χ4v) is 1.96. The van der Waals surface area contributed by atoms with Crippen molar-refractivity contribution in [3.05, 3.63) is 56.4 Å². The van der Waals surface area contributed by atoms with E-state index in [-0.39, 0.29) is 5.56 Å². The van der Waals surface area contributed by atoms with Gasteiger partial charge in [0.15, 0.2) is 0 Å². The van der Waals surface area contributed by atoms with Gasteiger partial charge < -0.3 is 4.98 Å². The number of halogens is 2. The molecule has 1 aromatic heterocycles. The molecule has 4 heteroatoms. The topological polar surface area (TPSA) is 32.9 Å². The second-order valence-electron chi connectivity index (χ2n) is 3.52. The molecule has 2 nitrogen and oxygen atoms in total. The summed E-state index contributed by atoms with van der Waals surface area (Å²) in [5.41, 5.74) is 2.45. The molecule has 1 aromatic carbocycles. The van der Waals surface area contributed by atoms with Crippen LogP contribution in [0.5, 0.6) is 0 Å². The molecule has 0 unspecified atom stereocenters. The van der Waals surface area contributed by atoms with Gasteiger partial charge in [0.1, 0.15) is 0 Å². The molecule has 0 aliphatic heterocycles. The van der Waals surface area contributed by atoms with Gasteiger partial charge in [-0.05, 0) is 30.7 Å². The number of rotatable bonds is 1. The van der Waals surface area contributed by atoms with Crippen molar-refractivity contribution in [3.63, 3.8) is 0 Å². The molecule has 1 N–H and O–H groups in total. The van der Waals surface area contributed by atoms with Crippen LogP contribution in [0.4, 0.5) is 0 Å². The molecule has 0 amide bonds. The Balaban J connectivity index is 2.67. The lowest BCUT2D eigenvalue weighted by Crippen LogP contribution is -2.04. The van der Waals surface area contributed by atoms with Gasteiger partial charge in [-0.1, -0.05) is 23.2 Å². The average molecular weight is 254 g/mol. The van der Waals surface area contributed by atoms with Crippen LogP contribution in [-0.2, 0) is 0 Å². The number of aromatic amines is 1. The van der Waals surface area contributed by atoms with E-state index in [2.05, 4.69) is 4.98 Å². The first-order valence-corrected chi connectivity index (χ1v) is 5.48. The summed E-state index contributed by atoms with van der Waals surface area (Å²) in [5.74, 6) is 0. The van der Waals surface area contributed by atoms with Crippen molar-refractivity contribution in [2.75, 3.05) is 0 Å². The van der Waals surface area contributed by atoms with E-state index in [9.17, 15) is 4.79 Å². The number of hydrogen-bond acceptors (Lipinski definition) is 1. The molecule has 2 rings (SSSR count). The minimum Gasteiger partial charge on any atom is -0.328 e. The lowest BCUT2D eigenvalue weighted by molar-refractivity contribution is 1.21. The zero-order valence-corrected chi connectivity index (χ0v) is 10.1. The van der Waals surface area contributed by atoms with Gasteiger partial charge in [-0.25, -0.2) is 0 Å². The Bertz CT molecular complexity index is 590. The summed E-state index contributed by atoms with van der Waals surface area (Å²) in [5, 5.41) is 1.23. The molecule has 2 aromatic rings. The molecule has 82 valence electrons. The molecule has 0 atom stereocenters. The van der Waals surface area contributed by atoms with Gasteiger partial charge >= 0.3 is 0 Å². The van der Waals surface area contributed by atoms with Crippen LogP contribution in [0.25, 0.3) is 11.1 Å². The van der Waals surface area contributed by atoms with Crippen molar-refractivity contribution < 1.29 is 0 Å². The van der Waals surface area contributed by atoms with E-state index >= 15 is 0 Å². The van der Waals surface area contributed by atoms with Crippen LogP contribution < -0.4 is 5.56 Å². The van der Waals surface area contributed by atoms with Crippen LogP contribution >= 0.6 is 23.2 Å². The van der Waals surface area contributed by atoms with Gasteiger partial charge in [0.25, 0.3) is 0 Å². The van der Waals surface area contributed by atoms with Crippen molar-refractivity contribution in [1.82, 2.24) is 4.98 Å². The van der Waals surface area contributed by atoms with E-state index in [0.717, 1.165) is 16.7 Å². The molecular weight excluding hydrogens is 245 g/mol. The number of H-pyrrole nitrogens is 1. The number of nitrogens with one attached hydrogen (secondary N) is 1. The van der Waals surface area contributed by atoms with E-state index in [1.165, 1.54) is 6.07 Å². The highest BCUT2D eigenvalue weighted by atomic mass is 35.5. The van der Waals surface area contributed by atoms with Gasteiger partial charge in [0.05, 0.1) is 0 Å². The van der Waals surface area contributed by atoms with Gasteiger partial charge in [0, 0.05) is 33.4 Å². The van der Waals surface area contributed by atoms with E-state index in [0.29, 0.717) is 10.0 Å². The maximum atomic E-state index is 11.1. The third kappa shape index (κ3) is 2.13. The predicted octanol–water partition coefficient (Wildman–Crippen LogP) is 3.66. The molecule has 0 bridgehead atoms. The van der Waals surface area contributed by atoms with Crippen molar-refractivity contribution >= 4 is 23.2 Å². The van der Waals surface area contributed by atoms with Crippen LogP contribution in [0.2, 0.25) is 10.0 Å². The molecule has 0 saturated heterocycles. The molecule has 0 saturated carbocycles. The van der Waals surface area contributed by atoms with E-state index in [4.69, 9.17) is 23.2 Å². The molecule has 16 heavy (non-hydrogen) atoms. The monoisotopic (exact) mass is 253 g/mol. The van der Waals surface area contributed by atoms with Crippen molar-refractivity contribution in [2.24, 2.45) is 0 Å². The van der Waals surface area contributed by atoms with E-state index in [1.807, 2.05) is 6.92 Å². The maximum absolute atomic E-state index is 11.1. The lowest BCUT2D eigenvalue weighted by Gasteiger charge is -2.07. The third-order valence-corrected chi connectivity index (χ3v) is 2.91. The highest BCUT2D eigenvalue weighted by Crippen LogP contribution is 2.31. The molecule has 0 fully saturated rings. The second kappa shape index (κ2) is 4.32. The number of aryl methyl sites for hydroxylation is 1. The summed E-state index contributed by atoms with van der Waals surface area (Å²) < 4.78 is 0. The smallest absolute Gasteiger partial charge is 0.248 e. The van der Waals surface area contributed by atoms with Crippen molar-refractivity contribution in [1.29, 1.82) is 0 Å². The standard InChI is InChI=1S/C12H9Cl2NO/c1-7-4-12(16)15-6-10(7)9-5-8(13)2-3-11(9)14/h2-6H,1H3,(H,15,16). The molecule has 0 aliphatic carbocycles. The summed E-state index contributed by atoms with van der Waals surface area (Å²) in [7, 11) is 0. The van der Waals surface area contributed by atoms with E-state index in [1.54, 1.807) is 24.4 Å². The summed E-state index contributed by atoms with van der Waals surface area (Å²) >= 11 is 12.0. The average Bonchev–Trinajstić information content (AvgIpc) is 2.22. The van der Waals surface area contributed by atoms with Crippen LogP contribution in [0, 0.1) is 6.92 Å². The zero-order chi connectivity index (χ0) is 11.7. The van der Waals surface area contributed by atoms with Crippen LogP contribution in [0.3, 0.4) is 0 Å². The van der Waals surface area contributed by atoms with Gasteiger partial charge in [-0.15, -0.1) is 0 Å². The summed E-state index contributed by atoms with van der Waals surface area (Å²) in [6.45, 7) is 1.86. The van der Waals surface area contributed by atoms with Gasteiger partial charge in [-0.3, -0.25) is 4.79 Å². The molecule has 0 aliphatic rings. The number of hydrogen-bond donors (Lipinski definition) is 1. The number of aromatic nitrogens is 1. The summed E-state index contributed by atoms with van der Waals surface area (Å²) in [6.07, 6.45) is 1.65. The normalized spacial score (nSPS) is 10.4. The van der Waals surface area contributed by atoms with Gasteiger partial charge in [-0.2, -0.15) is 0 Å². The Labute approximate surface area is 103 Å². The molecule has 0 radical (unpaired) electrons. The second-order valence-corrected chi connectivity index (χ2v) is 4.36. The van der Waals surface area contributed by atoms with Crippen LogP contribution in [0.15, 0.2) is 35.3 Å². The Morgan fingerprint density at radius 1 is 1.12 bits per heavy atom. The first-order chi connectivity index (χ1) is 7.58. The lowest BCUT2D eigenvalue weighted by atomic mass is 10.0. The SMILES string of the molecule is Cc1cc(=O)[nH]cc1-c1cc(Cl)ccc1Cl. The maximum Gasteiger partial charge on any atom is 0.248 e. The quantitative estimate of drug-likeness (QED) is 0.827. The van der Waals surface area contributed by atoms with Crippen molar-refractivity contribution in [3.8, 4) is 11.1 Å². The summed E-state index contributed by atoms with van der Waals surface area (Å²) in [4.78, 5) is 13.7. The van der Waals surface area contributed by atoms with Crippen LogP contribution in [-0.4, -0.2) is 4.98 Å². The Morgan fingerprint density at radius 2 is 1.88 bits per heavy atom. The fraction of sp³-hybridized carbons (Fsp3) is 0.0833. The zero-order valence-electron chi connectivity index (χ0n) is 8.55.